The second-order valence-corrected chi connectivity index (χ2v) is 3.23. The Morgan fingerprint density at radius 1 is 1.44 bits per heavy atom. The summed E-state index contributed by atoms with van der Waals surface area (Å²) in [5.41, 5.74) is 2.73. The van der Waals surface area contributed by atoms with Crippen LogP contribution in [0, 0.1) is 0 Å². The molecule has 0 saturated heterocycles. The summed E-state index contributed by atoms with van der Waals surface area (Å²) in [5.74, 6) is 0.374. The molecule has 0 aliphatic heterocycles. The molecule has 0 aromatic carbocycles. The molecule has 0 unspecified atom stereocenters. The molecule has 2 aromatic heterocycles. The van der Waals surface area contributed by atoms with Crippen LogP contribution in [0.4, 0.5) is 0 Å². The van der Waals surface area contributed by atoms with Crippen LogP contribution < -0.4 is 5.48 Å². The Morgan fingerprint density at radius 3 is 2.75 bits per heavy atom. The third kappa shape index (κ3) is 1.70. The smallest absolute Gasteiger partial charge is 0.280 e. The highest BCUT2D eigenvalue weighted by atomic mass is 16.6. The van der Waals surface area contributed by atoms with E-state index < -0.39 is 0 Å². The fraction of sp³-hybridized carbons (Fsp3) is 0.200. The number of hydrogen-bond acceptors (Lipinski definition) is 3. The molecule has 0 fully saturated rings. The van der Waals surface area contributed by atoms with Gasteiger partial charge in [-0.3, -0.25) is 14.3 Å². The number of aryl methyl sites for hydroxylation is 1. The van der Waals surface area contributed by atoms with Gasteiger partial charge in [0.15, 0.2) is 0 Å². The lowest BCUT2D eigenvalue weighted by molar-refractivity contribution is 0.0537. The molecule has 6 nitrogen and oxygen atoms in total. The summed E-state index contributed by atoms with van der Waals surface area (Å²) < 4.78 is 3.45. The topological polar surface area (TPSA) is 61.1 Å². The van der Waals surface area contributed by atoms with Gasteiger partial charge in [0.05, 0.1) is 13.3 Å². The van der Waals surface area contributed by atoms with Crippen molar-refractivity contribution in [1.82, 2.24) is 19.8 Å². The highest BCUT2D eigenvalue weighted by Gasteiger charge is 2.16. The van der Waals surface area contributed by atoms with Crippen molar-refractivity contribution in [3.63, 3.8) is 0 Å². The zero-order chi connectivity index (χ0) is 11.5. The van der Waals surface area contributed by atoms with Crippen LogP contribution in [0.1, 0.15) is 10.4 Å². The first-order chi connectivity index (χ1) is 7.74. The molecular weight excluding hydrogens is 208 g/mol. The molecule has 2 heterocycles. The Bertz CT molecular complexity index is 487. The van der Waals surface area contributed by atoms with Crippen molar-refractivity contribution in [2.45, 2.75) is 0 Å². The number of carbonyl (C=O) groups excluding carboxylic acids is 1. The molecule has 0 spiro atoms. The van der Waals surface area contributed by atoms with Crippen LogP contribution >= 0.6 is 0 Å². The van der Waals surface area contributed by atoms with Gasteiger partial charge < -0.3 is 4.57 Å². The Labute approximate surface area is 92.4 Å². The van der Waals surface area contributed by atoms with E-state index in [0.29, 0.717) is 11.4 Å². The predicted molar refractivity (Wildman–Crippen MR) is 57.0 cm³/mol. The molecule has 0 bridgehead atoms. The summed E-state index contributed by atoms with van der Waals surface area (Å²) in [4.78, 5) is 16.3. The fourth-order valence-electron chi connectivity index (χ4n) is 1.52. The molecule has 84 valence electrons. The van der Waals surface area contributed by atoms with Crippen LogP contribution in [0.5, 0.6) is 0 Å². The van der Waals surface area contributed by atoms with Gasteiger partial charge in [-0.1, -0.05) is 0 Å². The maximum atomic E-state index is 11.7. The van der Waals surface area contributed by atoms with E-state index in [2.05, 4.69) is 15.4 Å². The maximum Gasteiger partial charge on any atom is 0.280 e. The largest absolute Gasteiger partial charge is 0.308 e. The zero-order valence-electron chi connectivity index (χ0n) is 9.04. The van der Waals surface area contributed by atoms with Gasteiger partial charge in [0.25, 0.3) is 5.91 Å². The van der Waals surface area contributed by atoms with Gasteiger partial charge in [0.2, 0.25) is 0 Å². The van der Waals surface area contributed by atoms with Crippen LogP contribution in [0.3, 0.4) is 0 Å². The lowest BCUT2D eigenvalue weighted by atomic mass is 10.3. The van der Waals surface area contributed by atoms with E-state index in [1.54, 1.807) is 11.7 Å². The van der Waals surface area contributed by atoms with E-state index in [1.165, 1.54) is 13.3 Å². The number of nitrogens with zero attached hydrogens (tertiary/aromatic N) is 3. The number of aromatic nitrogens is 3. The first-order valence-corrected chi connectivity index (χ1v) is 4.72. The Balaban J connectivity index is 2.44. The molecule has 1 amide bonds. The van der Waals surface area contributed by atoms with Crippen molar-refractivity contribution < 1.29 is 9.63 Å². The molecule has 16 heavy (non-hydrogen) atoms. The normalized spacial score (nSPS) is 10.4. The Morgan fingerprint density at radius 2 is 2.12 bits per heavy atom. The van der Waals surface area contributed by atoms with E-state index in [4.69, 9.17) is 0 Å². The number of hydroxylamine groups is 1. The van der Waals surface area contributed by atoms with Crippen molar-refractivity contribution in [3.05, 3.63) is 36.3 Å². The number of hydrogen-bond donors (Lipinski definition) is 1. The van der Waals surface area contributed by atoms with E-state index in [1.807, 2.05) is 29.1 Å². The predicted octanol–water partition coefficient (Wildman–Crippen LogP) is 0.502. The van der Waals surface area contributed by atoms with Crippen LogP contribution in [0.25, 0.3) is 5.82 Å². The van der Waals surface area contributed by atoms with Gasteiger partial charge in [-0.2, -0.15) is 5.10 Å². The second kappa shape index (κ2) is 4.19. The summed E-state index contributed by atoms with van der Waals surface area (Å²) in [7, 11) is 3.17. The van der Waals surface area contributed by atoms with Crippen molar-refractivity contribution in [3.8, 4) is 5.82 Å². The van der Waals surface area contributed by atoms with Crippen molar-refractivity contribution in [2.75, 3.05) is 7.11 Å². The third-order valence-electron chi connectivity index (χ3n) is 2.20. The van der Waals surface area contributed by atoms with Crippen molar-refractivity contribution in [2.24, 2.45) is 7.05 Å². The summed E-state index contributed by atoms with van der Waals surface area (Å²) in [6, 6.07) is 3.76. The monoisotopic (exact) mass is 220 g/mol. The van der Waals surface area contributed by atoms with Crippen molar-refractivity contribution >= 4 is 5.91 Å². The second-order valence-electron chi connectivity index (χ2n) is 3.23. The SMILES string of the molecule is CONC(=O)c1cnn(C)c1-n1cccc1. The quantitative estimate of drug-likeness (QED) is 0.766. The number of amides is 1. The highest BCUT2D eigenvalue weighted by molar-refractivity contribution is 5.96. The fourth-order valence-corrected chi connectivity index (χ4v) is 1.52. The zero-order valence-corrected chi connectivity index (χ0v) is 9.04. The van der Waals surface area contributed by atoms with Crippen LogP contribution in [-0.4, -0.2) is 27.4 Å². The lowest BCUT2D eigenvalue weighted by Crippen LogP contribution is -2.23. The average molecular weight is 220 g/mol. The Hall–Kier alpha value is -2.08. The summed E-state index contributed by atoms with van der Waals surface area (Å²) >= 11 is 0. The van der Waals surface area contributed by atoms with Crippen LogP contribution in [0.15, 0.2) is 30.7 Å². The Kier molecular flexibility index (Phi) is 2.74. The molecule has 0 atom stereocenters. The molecule has 0 aliphatic carbocycles. The van der Waals surface area contributed by atoms with Crippen molar-refractivity contribution in [1.29, 1.82) is 0 Å². The van der Waals surface area contributed by atoms with Gasteiger partial charge in [-0.15, -0.1) is 0 Å². The van der Waals surface area contributed by atoms with Gasteiger partial charge in [-0.05, 0) is 12.1 Å². The van der Waals surface area contributed by atoms with E-state index in [0.717, 1.165) is 0 Å². The number of carbonyl (C=O) groups is 1. The molecule has 0 saturated carbocycles. The van der Waals surface area contributed by atoms with E-state index >= 15 is 0 Å². The van der Waals surface area contributed by atoms with Gasteiger partial charge >= 0.3 is 0 Å². The van der Waals surface area contributed by atoms with Gasteiger partial charge in [-0.25, -0.2) is 5.48 Å². The van der Waals surface area contributed by atoms with Crippen LogP contribution in [-0.2, 0) is 11.9 Å². The standard InChI is InChI=1S/C10H12N4O2/c1-13-10(14-5-3-4-6-14)8(7-11-13)9(15)12-16-2/h3-7H,1-2H3,(H,12,15). The lowest BCUT2D eigenvalue weighted by Gasteiger charge is -2.06. The van der Waals surface area contributed by atoms with E-state index in [-0.39, 0.29) is 5.91 Å². The van der Waals surface area contributed by atoms with Crippen LogP contribution in [0.2, 0.25) is 0 Å². The molecule has 6 heteroatoms. The minimum Gasteiger partial charge on any atom is -0.308 e. The first kappa shape index (κ1) is 10.4. The average Bonchev–Trinajstić information content (AvgIpc) is 2.86. The maximum absolute atomic E-state index is 11.7. The molecule has 0 aliphatic rings. The minimum atomic E-state index is -0.320. The highest BCUT2D eigenvalue weighted by Crippen LogP contribution is 2.13. The molecule has 2 rings (SSSR count). The molecule has 1 N–H and O–H groups in total. The minimum absolute atomic E-state index is 0.320. The molecule has 0 radical (unpaired) electrons. The summed E-state index contributed by atoms with van der Waals surface area (Å²) in [6.07, 6.45) is 5.20. The van der Waals surface area contributed by atoms with Gasteiger partial charge in [0, 0.05) is 19.4 Å². The molecular formula is C10H12N4O2. The molecule has 2 aromatic rings. The van der Waals surface area contributed by atoms with Gasteiger partial charge in [0.1, 0.15) is 11.4 Å². The summed E-state index contributed by atoms with van der Waals surface area (Å²) in [5, 5.41) is 4.06. The first-order valence-electron chi connectivity index (χ1n) is 4.72. The summed E-state index contributed by atoms with van der Waals surface area (Å²) in [6.45, 7) is 0. The number of nitrogens with one attached hydrogen (secondary N) is 1. The number of rotatable bonds is 3. The third-order valence-corrected chi connectivity index (χ3v) is 2.20. The van der Waals surface area contributed by atoms with E-state index in [9.17, 15) is 4.79 Å².